The van der Waals surface area contributed by atoms with Crippen molar-refractivity contribution >= 4 is 17.6 Å². The van der Waals surface area contributed by atoms with Gasteiger partial charge in [-0.3, -0.25) is 4.79 Å². The molecule has 5 aliphatic rings. The van der Waals surface area contributed by atoms with Gasteiger partial charge in [-0.15, -0.1) is 0 Å². The Morgan fingerprint density at radius 2 is 1.63 bits per heavy atom. The van der Waals surface area contributed by atoms with Crippen molar-refractivity contribution < 1.29 is 9.59 Å². The van der Waals surface area contributed by atoms with Crippen LogP contribution in [0.4, 0.5) is 10.5 Å². The fraction of sp³-hybridized carbons (Fsp3) is 0.636. The van der Waals surface area contributed by atoms with E-state index >= 15 is 0 Å². The number of fused-ring (bicyclic) bond motifs is 1. The fourth-order valence-electron chi connectivity index (χ4n) is 6.06. The van der Waals surface area contributed by atoms with Crippen LogP contribution in [0.5, 0.6) is 0 Å². The number of nitrogens with zero attached hydrogens (tertiary/aromatic N) is 2. The van der Waals surface area contributed by atoms with E-state index in [1.54, 1.807) is 0 Å². The van der Waals surface area contributed by atoms with Gasteiger partial charge in [-0.2, -0.15) is 0 Å². The van der Waals surface area contributed by atoms with E-state index in [0.29, 0.717) is 17.5 Å². The van der Waals surface area contributed by atoms with E-state index in [1.807, 2.05) is 29.2 Å². The number of hydrogen-bond acceptors (Lipinski definition) is 2. The molecule has 5 heteroatoms. The van der Waals surface area contributed by atoms with Crippen molar-refractivity contribution in [3.05, 3.63) is 29.8 Å². The monoisotopic (exact) mass is 367 g/mol. The van der Waals surface area contributed by atoms with Crippen molar-refractivity contribution in [3.8, 4) is 0 Å². The number of carbonyl (C=O) groups is 2. The lowest BCUT2D eigenvalue weighted by Crippen LogP contribution is -2.44. The Labute approximate surface area is 161 Å². The van der Waals surface area contributed by atoms with Crippen LogP contribution in [-0.4, -0.2) is 47.4 Å². The summed E-state index contributed by atoms with van der Waals surface area (Å²) in [6.07, 6.45) is 8.50. The Hall–Kier alpha value is -2.04. The Morgan fingerprint density at radius 1 is 0.926 bits per heavy atom. The molecule has 5 nitrogen and oxygen atoms in total. The van der Waals surface area contributed by atoms with E-state index in [9.17, 15) is 9.59 Å². The number of anilines is 1. The number of likely N-dealkylation sites (tertiary alicyclic amines) is 1. The maximum atomic E-state index is 13.0. The molecule has 2 aliphatic carbocycles. The molecule has 2 saturated carbocycles. The van der Waals surface area contributed by atoms with Crippen LogP contribution in [0.15, 0.2) is 24.3 Å². The first-order valence-corrected chi connectivity index (χ1v) is 10.6. The van der Waals surface area contributed by atoms with Gasteiger partial charge in [0.15, 0.2) is 0 Å². The highest BCUT2D eigenvalue weighted by atomic mass is 16.2. The minimum Gasteiger partial charge on any atom is -0.339 e. The molecule has 5 fully saturated rings. The van der Waals surface area contributed by atoms with Crippen LogP contribution in [0.1, 0.15) is 55.3 Å². The van der Waals surface area contributed by atoms with E-state index < -0.39 is 0 Å². The minimum atomic E-state index is 0.0129. The van der Waals surface area contributed by atoms with Gasteiger partial charge in [-0.1, -0.05) is 6.07 Å². The van der Waals surface area contributed by atoms with Gasteiger partial charge in [0.25, 0.3) is 5.91 Å². The van der Waals surface area contributed by atoms with Crippen molar-refractivity contribution in [2.75, 3.05) is 25.0 Å². The highest BCUT2D eigenvalue weighted by molar-refractivity contribution is 5.97. The first kappa shape index (κ1) is 17.1. The SMILES string of the molecule is O=C(c1cccc(NC(=O)N2CC3CC4CC(C3)CC2C4)c1)N1CCCC1. The molecule has 1 N–H and O–H groups in total. The average Bonchev–Trinajstić information content (AvgIpc) is 3.12. The molecule has 0 spiro atoms. The van der Waals surface area contributed by atoms with Crippen LogP contribution in [0, 0.1) is 17.8 Å². The topological polar surface area (TPSA) is 52.7 Å². The van der Waals surface area contributed by atoms with E-state index in [4.69, 9.17) is 0 Å². The van der Waals surface area contributed by atoms with Gasteiger partial charge in [0.2, 0.25) is 0 Å². The second-order valence-electron chi connectivity index (χ2n) is 9.09. The number of hydrogen-bond donors (Lipinski definition) is 1. The molecular formula is C22H29N3O2. The van der Waals surface area contributed by atoms with Crippen LogP contribution in [0.25, 0.3) is 0 Å². The number of urea groups is 1. The average molecular weight is 367 g/mol. The lowest BCUT2D eigenvalue weighted by molar-refractivity contribution is 0.0792. The standard InChI is InChI=1S/C22H29N3O2/c26-21(24-6-1-2-7-24)18-4-3-5-19(13-18)23-22(27)25-14-17-9-15-8-16(10-17)12-20(25)11-15/h3-5,13,15-17,20H,1-2,6-12,14H2,(H,23,27). The summed E-state index contributed by atoms with van der Waals surface area (Å²) < 4.78 is 0. The van der Waals surface area contributed by atoms with Gasteiger partial charge in [0.05, 0.1) is 0 Å². The quantitative estimate of drug-likeness (QED) is 0.860. The molecule has 4 bridgehead atoms. The molecule has 1 aromatic carbocycles. The number of carbonyl (C=O) groups excluding carboxylic acids is 2. The minimum absolute atomic E-state index is 0.0129. The normalized spacial score (nSPS) is 31.9. The Balaban J connectivity index is 1.29. The third kappa shape index (κ3) is 3.32. The van der Waals surface area contributed by atoms with E-state index in [1.165, 1.54) is 32.1 Å². The zero-order valence-electron chi connectivity index (χ0n) is 15.9. The Morgan fingerprint density at radius 3 is 2.37 bits per heavy atom. The van der Waals surface area contributed by atoms with Gasteiger partial charge in [0, 0.05) is 36.9 Å². The van der Waals surface area contributed by atoms with Crippen LogP contribution in [-0.2, 0) is 0 Å². The zero-order valence-corrected chi connectivity index (χ0v) is 15.9. The van der Waals surface area contributed by atoms with Crippen LogP contribution in [0.3, 0.4) is 0 Å². The molecule has 0 aromatic heterocycles. The lowest BCUT2D eigenvalue weighted by atomic mass is 9.68. The summed E-state index contributed by atoms with van der Waals surface area (Å²) in [5, 5.41) is 3.08. The molecule has 27 heavy (non-hydrogen) atoms. The van der Waals surface area contributed by atoms with Crippen LogP contribution < -0.4 is 5.32 Å². The van der Waals surface area contributed by atoms with E-state index in [0.717, 1.165) is 50.0 Å². The second kappa shape index (κ2) is 6.84. The maximum Gasteiger partial charge on any atom is 0.322 e. The third-order valence-electron chi connectivity index (χ3n) is 7.12. The molecule has 0 radical (unpaired) electrons. The van der Waals surface area contributed by atoms with Crippen molar-refractivity contribution in [2.24, 2.45) is 17.8 Å². The summed E-state index contributed by atoms with van der Waals surface area (Å²) in [5.74, 6) is 2.41. The van der Waals surface area contributed by atoms with Gasteiger partial charge in [-0.25, -0.2) is 4.79 Å². The molecule has 3 saturated heterocycles. The molecule has 3 heterocycles. The van der Waals surface area contributed by atoms with Crippen molar-refractivity contribution in [2.45, 2.75) is 51.0 Å². The molecule has 3 amide bonds. The van der Waals surface area contributed by atoms with E-state index in [2.05, 4.69) is 10.2 Å². The summed E-state index contributed by atoms with van der Waals surface area (Å²) in [4.78, 5) is 29.7. The predicted molar refractivity (Wildman–Crippen MR) is 105 cm³/mol. The van der Waals surface area contributed by atoms with Crippen molar-refractivity contribution in [1.29, 1.82) is 0 Å². The highest BCUT2D eigenvalue weighted by Gasteiger charge is 2.44. The number of nitrogens with one attached hydrogen (secondary N) is 1. The Kier molecular flexibility index (Phi) is 4.33. The van der Waals surface area contributed by atoms with Gasteiger partial charge in [0.1, 0.15) is 0 Å². The molecule has 6 rings (SSSR count). The van der Waals surface area contributed by atoms with Gasteiger partial charge >= 0.3 is 6.03 Å². The molecule has 2 unspecified atom stereocenters. The van der Waals surface area contributed by atoms with Crippen LogP contribution >= 0.6 is 0 Å². The predicted octanol–water partition coefficient (Wildman–Crippen LogP) is 3.97. The van der Waals surface area contributed by atoms with E-state index in [-0.39, 0.29) is 11.9 Å². The molecule has 2 atom stereocenters. The summed E-state index contributed by atoms with van der Waals surface area (Å²) >= 11 is 0. The van der Waals surface area contributed by atoms with Gasteiger partial charge in [-0.05, 0) is 80.9 Å². The third-order valence-corrected chi connectivity index (χ3v) is 7.12. The van der Waals surface area contributed by atoms with Crippen LogP contribution in [0.2, 0.25) is 0 Å². The van der Waals surface area contributed by atoms with Crippen molar-refractivity contribution in [3.63, 3.8) is 0 Å². The zero-order chi connectivity index (χ0) is 18.4. The largest absolute Gasteiger partial charge is 0.339 e. The summed E-state index contributed by atoms with van der Waals surface area (Å²) in [5.41, 5.74) is 1.40. The van der Waals surface area contributed by atoms with Gasteiger partial charge < -0.3 is 15.1 Å². The second-order valence-corrected chi connectivity index (χ2v) is 9.09. The first-order chi connectivity index (χ1) is 13.2. The molecule has 3 aliphatic heterocycles. The summed E-state index contributed by atoms with van der Waals surface area (Å²) in [7, 11) is 0. The molecular weight excluding hydrogens is 338 g/mol. The number of benzene rings is 1. The number of rotatable bonds is 2. The summed E-state index contributed by atoms with van der Waals surface area (Å²) in [6.45, 7) is 2.58. The van der Waals surface area contributed by atoms with Crippen molar-refractivity contribution in [1.82, 2.24) is 9.80 Å². The molecule has 144 valence electrons. The highest BCUT2D eigenvalue weighted by Crippen LogP contribution is 2.47. The Bertz CT molecular complexity index is 729. The maximum absolute atomic E-state index is 13.0. The number of amides is 3. The first-order valence-electron chi connectivity index (χ1n) is 10.6. The lowest BCUT2D eigenvalue weighted by Gasteiger charge is -2.38. The fourth-order valence-corrected chi connectivity index (χ4v) is 6.06. The smallest absolute Gasteiger partial charge is 0.322 e. The molecule has 1 aromatic rings. The summed E-state index contributed by atoms with van der Waals surface area (Å²) in [6, 6.07) is 7.85.